The minimum Gasteiger partial charge on any atom is -0.327 e. The smallest absolute Gasteiger partial charge is 0.180 e. The summed E-state index contributed by atoms with van der Waals surface area (Å²) in [5.74, 6) is 0. The third-order valence-electron chi connectivity index (χ3n) is 3.26. The van der Waals surface area contributed by atoms with Crippen LogP contribution < -0.4 is 0 Å². The van der Waals surface area contributed by atoms with E-state index in [0.717, 1.165) is 27.6 Å². The Morgan fingerprint density at radius 2 is 1.89 bits per heavy atom. The highest BCUT2D eigenvalue weighted by Gasteiger charge is 2.11. The van der Waals surface area contributed by atoms with E-state index in [9.17, 15) is 0 Å². The van der Waals surface area contributed by atoms with Crippen LogP contribution in [0.5, 0.6) is 0 Å². The number of hydrogen-bond acceptors (Lipinski definition) is 3. The highest BCUT2D eigenvalue weighted by molar-refractivity contribution is 6.05. The Morgan fingerprint density at radius 1 is 1.00 bits per heavy atom. The fourth-order valence-corrected chi connectivity index (χ4v) is 2.38. The van der Waals surface area contributed by atoms with Gasteiger partial charge in [-0.25, -0.2) is 15.0 Å². The number of aromatic nitrogens is 4. The summed E-state index contributed by atoms with van der Waals surface area (Å²) in [6.07, 6.45) is 1.74. The highest BCUT2D eigenvalue weighted by atomic mass is 15.1. The van der Waals surface area contributed by atoms with Gasteiger partial charge in [-0.3, -0.25) is 0 Å². The van der Waals surface area contributed by atoms with E-state index in [-0.39, 0.29) is 0 Å². The molecule has 4 rings (SSSR count). The topological polar surface area (TPSA) is 43.6 Å². The van der Waals surface area contributed by atoms with Crippen molar-refractivity contribution in [3.63, 3.8) is 0 Å². The zero-order valence-electron chi connectivity index (χ0n) is 9.83. The quantitative estimate of drug-likeness (QED) is 0.470. The number of nitrogens with zero attached hydrogens (tertiary/aromatic N) is 4. The summed E-state index contributed by atoms with van der Waals surface area (Å²) in [5, 5.41) is 1.13. The van der Waals surface area contributed by atoms with Crippen molar-refractivity contribution >= 4 is 33.2 Å². The fourth-order valence-electron chi connectivity index (χ4n) is 2.38. The van der Waals surface area contributed by atoms with Gasteiger partial charge in [-0.2, -0.15) is 0 Å². The van der Waals surface area contributed by atoms with Crippen LogP contribution in [-0.4, -0.2) is 19.5 Å². The van der Waals surface area contributed by atoms with E-state index < -0.39 is 0 Å². The lowest BCUT2D eigenvalue weighted by molar-refractivity contribution is 0.989. The molecular formula is C14H10N4. The molecule has 0 fully saturated rings. The third kappa shape index (κ3) is 1.12. The molecule has 3 aromatic heterocycles. The van der Waals surface area contributed by atoms with Gasteiger partial charge >= 0.3 is 0 Å². The largest absolute Gasteiger partial charge is 0.327 e. The summed E-state index contributed by atoms with van der Waals surface area (Å²) in [6, 6.07) is 12.0. The second-order valence-electron chi connectivity index (χ2n) is 4.32. The fraction of sp³-hybridized carbons (Fsp3) is 0.0714. The van der Waals surface area contributed by atoms with Crippen LogP contribution in [0, 0.1) is 0 Å². The summed E-state index contributed by atoms with van der Waals surface area (Å²) in [6.45, 7) is 0. The molecule has 4 heteroatoms. The van der Waals surface area contributed by atoms with Crippen molar-refractivity contribution in [2.75, 3.05) is 0 Å². The Kier molecular flexibility index (Phi) is 1.73. The van der Waals surface area contributed by atoms with Crippen LogP contribution in [-0.2, 0) is 7.05 Å². The summed E-state index contributed by atoms with van der Waals surface area (Å²) in [7, 11) is 2.01. The minimum atomic E-state index is 0.691. The monoisotopic (exact) mass is 234 g/mol. The number of pyridine rings is 1. The van der Waals surface area contributed by atoms with E-state index in [1.807, 2.05) is 31.3 Å². The number of aryl methyl sites for hydroxylation is 1. The molecule has 0 saturated heterocycles. The molecular weight excluding hydrogens is 224 g/mol. The molecule has 0 spiro atoms. The molecule has 1 aromatic carbocycles. The van der Waals surface area contributed by atoms with Crippen LogP contribution in [0.4, 0.5) is 0 Å². The van der Waals surface area contributed by atoms with Crippen LogP contribution in [0.15, 0.2) is 42.6 Å². The first kappa shape index (κ1) is 9.53. The summed E-state index contributed by atoms with van der Waals surface area (Å²) < 4.78 is 2.06. The van der Waals surface area contributed by atoms with Gasteiger partial charge in [0, 0.05) is 18.6 Å². The average molecular weight is 234 g/mol. The highest BCUT2D eigenvalue weighted by Crippen LogP contribution is 2.26. The molecule has 0 aliphatic rings. The van der Waals surface area contributed by atoms with E-state index in [4.69, 9.17) is 0 Å². The summed E-state index contributed by atoms with van der Waals surface area (Å²) in [4.78, 5) is 13.5. The van der Waals surface area contributed by atoms with Gasteiger partial charge in [-0.1, -0.05) is 18.2 Å². The lowest BCUT2D eigenvalue weighted by Gasteiger charge is -1.98. The van der Waals surface area contributed by atoms with Gasteiger partial charge in [0.25, 0.3) is 0 Å². The average Bonchev–Trinajstić information content (AvgIpc) is 2.71. The molecule has 4 aromatic rings. The normalized spacial score (nSPS) is 11.6. The predicted octanol–water partition coefficient (Wildman–Crippen LogP) is 2.67. The van der Waals surface area contributed by atoms with E-state index in [1.165, 1.54) is 0 Å². The van der Waals surface area contributed by atoms with Gasteiger partial charge in [-0.15, -0.1) is 0 Å². The van der Waals surface area contributed by atoms with E-state index in [1.54, 1.807) is 6.20 Å². The van der Waals surface area contributed by atoms with Crippen LogP contribution in [0.25, 0.3) is 33.2 Å². The number of fused-ring (bicyclic) bond motifs is 4. The predicted molar refractivity (Wildman–Crippen MR) is 71.3 cm³/mol. The molecule has 0 amide bonds. The Bertz CT molecular complexity index is 892. The zero-order chi connectivity index (χ0) is 12.1. The Hall–Kier alpha value is -2.49. The lowest BCUT2D eigenvalue weighted by Crippen LogP contribution is -1.93. The maximum Gasteiger partial charge on any atom is 0.180 e. The SMILES string of the molecule is Cn1c2ccccc2c2nc3cccnc3nc21. The lowest BCUT2D eigenvalue weighted by atomic mass is 10.2. The Labute approximate surface area is 103 Å². The van der Waals surface area contributed by atoms with Crippen molar-refractivity contribution in [3.8, 4) is 0 Å². The van der Waals surface area contributed by atoms with Crippen molar-refractivity contribution in [2.24, 2.45) is 7.05 Å². The Morgan fingerprint density at radius 3 is 2.83 bits per heavy atom. The molecule has 0 unspecified atom stereocenters. The number of hydrogen-bond donors (Lipinski definition) is 0. The van der Waals surface area contributed by atoms with Gasteiger partial charge in [0.1, 0.15) is 11.0 Å². The maximum atomic E-state index is 4.68. The number of benzene rings is 1. The maximum absolute atomic E-state index is 4.68. The van der Waals surface area contributed by atoms with Crippen LogP contribution in [0.2, 0.25) is 0 Å². The first-order chi connectivity index (χ1) is 8.84. The van der Waals surface area contributed by atoms with Crippen molar-refractivity contribution in [2.45, 2.75) is 0 Å². The first-order valence-electron chi connectivity index (χ1n) is 5.80. The molecule has 18 heavy (non-hydrogen) atoms. The minimum absolute atomic E-state index is 0.691. The molecule has 0 N–H and O–H groups in total. The van der Waals surface area contributed by atoms with Gasteiger partial charge in [0.15, 0.2) is 11.3 Å². The third-order valence-corrected chi connectivity index (χ3v) is 3.26. The molecule has 0 atom stereocenters. The van der Waals surface area contributed by atoms with Gasteiger partial charge < -0.3 is 4.57 Å². The van der Waals surface area contributed by atoms with Gasteiger partial charge in [-0.05, 0) is 18.2 Å². The molecule has 4 nitrogen and oxygen atoms in total. The second kappa shape index (κ2) is 3.26. The molecule has 0 aliphatic carbocycles. The molecule has 0 saturated carbocycles. The Balaban J connectivity index is 2.32. The molecule has 0 bridgehead atoms. The number of para-hydroxylation sites is 1. The molecule has 86 valence electrons. The number of rotatable bonds is 0. The second-order valence-corrected chi connectivity index (χ2v) is 4.32. The molecule has 3 heterocycles. The van der Waals surface area contributed by atoms with Crippen LogP contribution in [0.3, 0.4) is 0 Å². The summed E-state index contributed by atoms with van der Waals surface area (Å²) >= 11 is 0. The molecule has 0 radical (unpaired) electrons. The van der Waals surface area contributed by atoms with Crippen molar-refractivity contribution < 1.29 is 0 Å². The first-order valence-corrected chi connectivity index (χ1v) is 5.80. The van der Waals surface area contributed by atoms with Gasteiger partial charge in [0.2, 0.25) is 0 Å². The van der Waals surface area contributed by atoms with Crippen molar-refractivity contribution in [1.82, 2.24) is 19.5 Å². The summed E-state index contributed by atoms with van der Waals surface area (Å²) in [5.41, 5.74) is 4.48. The van der Waals surface area contributed by atoms with Crippen LogP contribution in [0.1, 0.15) is 0 Å². The van der Waals surface area contributed by atoms with Crippen molar-refractivity contribution in [3.05, 3.63) is 42.6 Å². The standard InChI is InChI=1S/C14H10N4/c1-18-11-7-3-2-5-9(11)12-14(18)17-13-10(16-12)6-4-8-15-13/h2-8H,1H3. The van der Waals surface area contributed by atoms with E-state index >= 15 is 0 Å². The van der Waals surface area contributed by atoms with Gasteiger partial charge in [0.05, 0.1) is 5.52 Å². The van der Waals surface area contributed by atoms with Crippen molar-refractivity contribution in [1.29, 1.82) is 0 Å². The van der Waals surface area contributed by atoms with E-state index in [2.05, 4.69) is 31.7 Å². The molecule has 0 aliphatic heterocycles. The zero-order valence-corrected chi connectivity index (χ0v) is 9.83. The van der Waals surface area contributed by atoms with Crippen LogP contribution >= 0.6 is 0 Å². The van der Waals surface area contributed by atoms with E-state index in [0.29, 0.717) is 5.65 Å².